The van der Waals surface area contributed by atoms with Crippen molar-refractivity contribution >= 4 is 21.8 Å². The number of piperidine rings is 1. The predicted octanol–water partition coefficient (Wildman–Crippen LogP) is 3.84. The molecule has 1 aliphatic rings. The van der Waals surface area contributed by atoms with Crippen LogP contribution in [-0.2, 0) is 0 Å². The van der Waals surface area contributed by atoms with Gasteiger partial charge < -0.3 is 15.0 Å². The van der Waals surface area contributed by atoms with E-state index in [1.165, 1.54) is 25.8 Å². The van der Waals surface area contributed by atoms with E-state index in [0.29, 0.717) is 5.56 Å². The summed E-state index contributed by atoms with van der Waals surface area (Å²) in [5, 5.41) is 2.99. The zero-order chi connectivity index (χ0) is 16.7. The van der Waals surface area contributed by atoms with E-state index in [9.17, 15) is 4.79 Å². The minimum absolute atomic E-state index is 0.0281. The highest BCUT2D eigenvalue weighted by Crippen LogP contribution is 2.25. The number of nitrogens with one attached hydrogen (secondary N) is 1. The van der Waals surface area contributed by atoms with E-state index in [4.69, 9.17) is 4.74 Å². The maximum absolute atomic E-state index is 12.1. The number of likely N-dealkylation sites (tertiary alicyclic amines) is 1. The van der Waals surface area contributed by atoms with Gasteiger partial charge in [-0.25, -0.2) is 0 Å². The maximum atomic E-state index is 12.1. The molecule has 1 aromatic carbocycles. The van der Waals surface area contributed by atoms with Crippen molar-refractivity contribution in [3.8, 4) is 5.75 Å². The molecule has 1 fully saturated rings. The second-order valence-corrected chi connectivity index (χ2v) is 7.05. The van der Waals surface area contributed by atoms with E-state index < -0.39 is 0 Å². The summed E-state index contributed by atoms with van der Waals surface area (Å²) in [6, 6.07) is 6.10. The fourth-order valence-electron chi connectivity index (χ4n) is 3.04. The molecule has 1 aliphatic heterocycles. The summed E-state index contributed by atoms with van der Waals surface area (Å²) in [7, 11) is 1.61. The van der Waals surface area contributed by atoms with Crippen molar-refractivity contribution in [1.82, 2.24) is 10.2 Å². The second kappa shape index (κ2) is 9.28. The van der Waals surface area contributed by atoms with Gasteiger partial charge in [0.15, 0.2) is 0 Å². The molecule has 128 valence electrons. The summed E-state index contributed by atoms with van der Waals surface area (Å²) in [5.74, 6) is 0.705. The topological polar surface area (TPSA) is 41.6 Å². The molecule has 0 spiro atoms. The molecule has 1 heterocycles. The molecule has 1 aromatic rings. The highest BCUT2D eigenvalue weighted by atomic mass is 79.9. The lowest BCUT2D eigenvalue weighted by molar-refractivity contribution is 0.0951. The minimum atomic E-state index is -0.0281. The van der Waals surface area contributed by atoms with E-state index in [2.05, 4.69) is 33.1 Å². The lowest BCUT2D eigenvalue weighted by atomic mass is 10.0. The molecule has 23 heavy (non-hydrogen) atoms. The number of halogens is 1. The Morgan fingerprint density at radius 2 is 2.22 bits per heavy atom. The number of unbranched alkanes of at least 4 members (excludes halogenated alkanes) is 1. The molecule has 5 heteroatoms. The standard InChI is InChI=1S/C18H27BrN2O2/c1-14-7-3-5-11-21(14)12-6-4-10-20-18(22)15-8-9-17(23-2)16(19)13-15/h8-9,13-14H,3-7,10-12H2,1-2H3,(H,20,22). The third kappa shape index (κ3) is 5.50. The molecule has 0 aromatic heterocycles. The highest BCUT2D eigenvalue weighted by molar-refractivity contribution is 9.10. The summed E-state index contributed by atoms with van der Waals surface area (Å²) < 4.78 is 5.97. The zero-order valence-corrected chi connectivity index (χ0v) is 15.7. The van der Waals surface area contributed by atoms with Crippen LogP contribution in [0.2, 0.25) is 0 Å². The Hall–Kier alpha value is -1.07. The minimum Gasteiger partial charge on any atom is -0.496 e. The van der Waals surface area contributed by atoms with Crippen LogP contribution in [0.3, 0.4) is 0 Å². The molecule has 0 aliphatic carbocycles. The summed E-state index contributed by atoms with van der Waals surface area (Å²) >= 11 is 3.41. The van der Waals surface area contributed by atoms with Crippen LogP contribution in [0.25, 0.3) is 0 Å². The van der Waals surface area contributed by atoms with Crippen LogP contribution in [-0.4, -0.2) is 43.6 Å². The van der Waals surface area contributed by atoms with Crippen molar-refractivity contribution in [3.05, 3.63) is 28.2 Å². The molecule has 1 unspecified atom stereocenters. The molecule has 0 saturated carbocycles. The molecule has 0 radical (unpaired) electrons. The maximum Gasteiger partial charge on any atom is 0.251 e. The Morgan fingerprint density at radius 3 is 2.91 bits per heavy atom. The average Bonchev–Trinajstić information content (AvgIpc) is 2.56. The van der Waals surface area contributed by atoms with E-state index in [1.807, 2.05) is 0 Å². The Balaban J connectivity index is 1.67. The van der Waals surface area contributed by atoms with Gasteiger partial charge in [-0.3, -0.25) is 4.79 Å². The Bertz CT molecular complexity index is 522. The fraction of sp³-hybridized carbons (Fsp3) is 0.611. The van der Waals surface area contributed by atoms with Crippen LogP contribution in [0, 0.1) is 0 Å². The van der Waals surface area contributed by atoms with Gasteiger partial charge in [-0.1, -0.05) is 6.42 Å². The number of carbonyl (C=O) groups is 1. The van der Waals surface area contributed by atoms with Crippen molar-refractivity contribution in [2.75, 3.05) is 26.7 Å². The van der Waals surface area contributed by atoms with Gasteiger partial charge in [0.1, 0.15) is 5.75 Å². The van der Waals surface area contributed by atoms with Crippen LogP contribution in [0.1, 0.15) is 49.4 Å². The first-order valence-electron chi connectivity index (χ1n) is 8.47. The number of hydrogen-bond donors (Lipinski definition) is 1. The number of rotatable bonds is 7. The van der Waals surface area contributed by atoms with E-state index in [0.717, 1.165) is 42.2 Å². The molecular formula is C18H27BrN2O2. The number of methoxy groups -OCH3 is 1. The SMILES string of the molecule is COc1ccc(C(=O)NCCCCN2CCCCC2C)cc1Br. The number of amides is 1. The molecular weight excluding hydrogens is 356 g/mol. The van der Waals surface area contributed by atoms with Crippen LogP contribution >= 0.6 is 15.9 Å². The Labute approximate surface area is 147 Å². The second-order valence-electron chi connectivity index (χ2n) is 6.19. The van der Waals surface area contributed by atoms with Crippen molar-refractivity contribution in [3.63, 3.8) is 0 Å². The summed E-state index contributed by atoms with van der Waals surface area (Å²) in [6.45, 7) is 5.42. The third-order valence-corrected chi connectivity index (χ3v) is 5.13. The molecule has 1 atom stereocenters. The van der Waals surface area contributed by atoms with E-state index in [1.54, 1.807) is 25.3 Å². The molecule has 1 amide bonds. The number of hydrogen-bond acceptors (Lipinski definition) is 3. The van der Waals surface area contributed by atoms with E-state index in [-0.39, 0.29) is 5.91 Å². The smallest absolute Gasteiger partial charge is 0.251 e. The van der Waals surface area contributed by atoms with Gasteiger partial charge in [-0.2, -0.15) is 0 Å². The number of carbonyl (C=O) groups excluding carboxylic acids is 1. The van der Waals surface area contributed by atoms with Gasteiger partial charge in [-0.05, 0) is 79.8 Å². The summed E-state index contributed by atoms with van der Waals surface area (Å²) in [6.07, 6.45) is 6.17. The van der Waals surface area contributed by atoms with Crippen LogP contribution < -0.4 is 10.1 Å². The lowest BCUT2D eigenvalue weighted by Crippen LogP contribution is -2.38. The largest absolute Gasteiger partial charge is 0.496 e. The molecule has 4 nitrogen and oxygen atoms in total. The van der Waals surface area contributed by atoms with Crippen molar-refractivity contribution in [1.29, 1.82) is 0 Å². The highest BCUT2D eigenvalue weighted by Gasteiger charge is 2.17. The van der Waals surface area contributed by atoms with Gasteiger partial charge in [0.25, 0.3) is 5.91 Å². The van der Waals surface area contributed by atoms with Crippen LogP contribution in [0.15, 0.2) is 22.7 Å². The lowest BCUT2D eigenvalue weighted by Gasteiger charge is -2.33. The van der Waals surface area contributed by atoms with Crippen molar-refractivity contribution in [2.45, 2.75) is 45.1 Å². The molecule has 0 bridgehead atoms. The van der Waals surface area contributed by atoms with Crippen molar-refractivity contribution < 1.29 is 9.53 Å². The Morgan fingerprint density at radius 1 is 1.39 bits per heavy atom. The number of nitrogens with zero attached hydrogens (tertiary/aromatic N) is 1. The van der Waals surface area contributed by atoms with Gasteiger partial charge in [-0.15, -0.1) is 0 Å². The van der Waals surface area contributed by atoms with Gasteiger partial charge in [0.05, 0.1) is 11.6 Å². The number of ether oxygens (including phenoxy) is 1. The van der Waals surface area contributed by atoms with Crippen LogP contribution in [0.4, 0.5) is 0 Å². The third-order valence-electron chi connectivity index (χ3n) is 4.51. The summed E-state index contributed by atoms with van der Waals surface area (Å²) in [4.78, 5) is 14.7. The predicted molar refractivity (Wildman–Crippen MR) is 97.1 cm³/mol. The normalized spacial score (nSPS) is 18.7. The first kappa shape index (κ1) is 18.3. The summed E-state index contributed by atoms with van der Waals surface area (Å²) in [5.41, 5.74) is 0.655. The first-order valence-corrected chi connectivity index (χ1v) is 9.27. The number of benzene rings is 1. The molecule has 2 rings (SSSR count). The monoisotopic (exact) mass is 382 g/mol. The zero-order valence-electron chi connectivity index (χ0n) is 14.1. The van der Waals surface area contributed by atoms with E-state index >= 15 is 0 Å². The fourth-order valence-corrected chi connectivity index (χ4v) is 3.58. The first-order chi connectivity index (χ1) is 11.1. The Kier molecular flexibility index (Phi) is 7.37. The molecule has 1 saturated heterocycles. The van der Waals surface area contributed by atoms with Crippen LogP contribution in [0.5, 0.6) is 5.75 Å². The average molecular weight is 383 g/mol. The van der Waals surface area contributed by atoms with Gasteiger partial charge >= 0.3 is 0 Å². The van der Waals surface area contributed by atoms with Gasteiger partial charge in [0.2, 0.25) is 0 Å². The quantitative estimate of drug-likeness (QED) is 0.728. The molecule has 1 N–H and O–H groups in total. The van der Waals surface area contributed by atoms with Crippen molar-refractivity contribution in [2.24, 2.45) is 0 Å². The van der Waals surface area contributed by atoms with Gasteiger partial charge in [0, 0.05) is 18.2 Å².